The van der Waals surface area contributed by atoms with E-state index < -0.39 is 0 Å². The van der Waals surface area contributed by atoms with E-state index in [9.17, 15) is 0 Å². The third-order valence-electron chi connectivity index (χ3n) is 5.78. The van der Waals surface area contributed by atoms with Gasteiger partial charge in [0.25, 0.3) is 0 Å². The lowest BCUT2D eigenvalue weighted by molar-refractivity contribution is 0.157. The summed E-state index contributed by atoms with van der Waals surface area (Å²) in [7, 11) is 1.77. The largest absolute Gasteiger partial charge is 0.385 e. The van der Waals surface area contributed by atoms with Crippen molar-refractivity contribution in [2.75, 3.05) is 33.4 Å². The maximum absolute atomic E-state index is 5.17. The van der Waals surface area contributed by atoms with Crippen LogP contribution in [-0.2, 0) is 4.74 Å². The molecule has 1 fully saturated rings. The number of likely N-dealkylation sites (tertiary alicyclic amines) is 1. The average molecular weight is 382 g/mol. The van der Waals surface area contributed by atoms with Crippen molar-refractivity contribution >= 4 is 10.9 Å². The molecule has 28 heavy (non-hydrogen) atoms. The molecule has 2 aromatic heterocycles. The normalized spacial score (nSPS) is 16.4. The summed E-state index contributed by atoms with van der Waals surface area (Å²) in [6, 6.07) is 6.67. The van der Waals surface area contributed by atoms with Gasteiger partial charge in [0.05, 0.1) is 0 Å². The van der Waals surface area contributed by atoms with Crippen LogP contribution in [0.25, 0.3) is 22.3 Å². The van der Waals surface area contributed by atoms with Crippen molar-refractivity contribution in [3.63, 3.8) is 0 Å². The molecule has 6 nitrogen and oxygen atoms in total. The van der Waals surface area contributed by atoms with Gasteiger partial charge in [-0.05, 0) is 52.3 Å². The number of nitrogens with one attached hydrogen (secondary N) is 1. The van der Waals surface area contributed by atoms with Crippen LogP contribution in [0.1, 0.15) is 50.8 Å². The third kappa shape index (κ3) is 3.98. The molecule has 1 aromatic carbocycles. The van der Waals surface area contributed by atoms with Gasteiger partial charge in [-0.2, -0.15) is 5.10 Å². The topological polar surface area (TPSA) is 59.0 Å². The van der Waals surface area contributed by atoms with Crippen LogP contribution in [0.5, 0.6) is 0 Å². The van der Waals surface area contributed by atoms with E-state index in [0.29, 0.717) is 12.0 Å². The fourth-order valence-corrected chi connectivity index (χ4v) is 4.10. The van der Waals surface area contributed by atoms with E-state index in [-0.39, 0.29) is 0 Å². The van der Waals surface area contributed by atoms with Gasteiger partial charge in [0.1, 0.15) is 11.3 Å². The molecular weight excluding hydrogens is 350 g/mol. The highest BCUT2D eigenvalue weighted by Crippen LogP contribution is 2.31. The molecule has 1 aliphatic heterocycles. The summed E-state index contributed by atoms with van der Waals surface area (Å²) < 4.78 is 7.19. The molecule has 1 saturated heterocycles. The zero-order valence-electron chi connectivity index (χ0n) is 17.2. The Bertz CT molecular complexity index is 905. The molecule has 1 N–H and O–H groups in total. The van der Waals surface area contributed by atoms with Crippen molar-refractivity contribution in [2.24, 2.45) is 0 Å². The Hall–Kier alpha value is -2.18. The van der Waals surface area contributed by atoms with E-state index >= 15 is 0 Å². The number of rotatable bonds is 7. The van der Waals surface area contributed by atoms with Crippen LogP contribution >= 0.6 is 0 Å². The number of imidazole rings is 1. The minimum absolute atomic E-state index is 0.349. The molecule has 0 saturated carbocycles. The van der Waals surface area contributed by atoms with E-state index in [1.54, 1.807) is 7.11 Å². The third-order valence-corrected chi connectivity index (χ3v) is 5.78. The smallest absolute Gasteiger partial charge is 0.139 e. The summed E-state index contributed by atoms with van der Waals surface area (Å²) in [6.45, 7) is 8.59. The molecular formula is C22H31N5O. The van der Waals surface area contributed by atoms with Gasteiger partial charge in [0.2, 0.25) is 0 Å². The second-order valence-corrected chi connectivity index (χ2v) is 8.10. The monoisotopic (exact) mass is 381 g/mol. The zero-order valence-corrected chi connectivity index (χ0v) is 17.2. The Kier molecular flexibility index (Phi) is 5.78. The van der Waals surface area contributed by atoms with Crippen LogP contribution in [0.2, 0.25) is 0 Å². The molecule has 0 aliphatic carbocycles. The first-order chi connectivity index (χ1) is 13.7. The van der Waals surface area contributed by atoms with Crippen molar-refractivity contribution in [1.82, 2.24) is 24.6 Å². The summed E-state index contributed by atoms with van der Waals surface area (Å²) >= 11 is 0. The van der Waals surface area contributed by atoms with Crippen molar-refractivity contribution in [3.05, 3.63) is 36.3 Å². The number of ether oxygens (including phenoxy) is 1. The zero-order chi connectivity index (χ0) is 19.5. The SMILES string of the molecule is COCCCN1CCC(c2cnc(-c3cccc4cn(C(C)C)nc34)[nH]2)CC1. The minimum atomic E-state index is 0.349. The summed E-state index contributed by atoms with van der Waals surface area (Å²) in [4.78, 5) is 10.9. The first-order valence-electron chi connectivity index (χ1n) is 10.4. The van der Waals surface area contributed by atoms with Gasteiger partial charge in [0.15, 0.2) is 0 Å². The van der Waals surface area contributed by atoms with Crippen LogP contribution < -0.4 is 0 Å². The van der Waals surface area contributed by atoms with Gasteiger partial charge in [-0.15, -0.1) is 0 Å². The number of nitrogens with zero attached hydrogens (tertiary/aromatic N) is 4. The fraction of sp³-hybridized carbons (Fsp3) is 0.545. The Balaban J connectivity index is 1.47. The molecule has 0 bridgehead atoms. The minimum Gasteiger partial charge on any atom is -0.385 e. The average Bonchev–Trinajstić information content (AvgIpc) is 3.36. The molecule has 0 unspecified atom stereocenters. The lowest BCUT2D eigenvalue weighted by Crippen LogP contribution is -2.34. The summed E-state index contributed by atoms with van der Waals surface area (Å²) in [6.07, 6.45) is 7.62. The number of hydrogen-bond donors (Lipinski definition) is 1. The second-order valence-electron chi connectivity index (χ2n) is 8.10. The van der Waals surface area contributed by atoms with Crippen LogP contribution in [-0.4, -0.2) is 58.0 Å². The van der Waals surface area contributed by atoms with E-state index in [0.717, 1.165) is 55.0 Å². The maximum atomic E-state index is 5.17. The number of piperidine rings is 1. The van der Waals surface area contributed by atoms with E-state index in [4.69, 9.17) is 14.8 Å². The van der Waals surface area contributed by atoms with Gasteiger partial charge in [0, 0.05) is 61.3 Å². The summed E-state index contributed by atoms with van der Waals surface area (Å²) in [5.41, 5.74) is 3.36. The van der Waals surface area contributed by atoms with Crippen molar-refractivity contribution in [2.45, 2.75) is 45.1 Å². The number of aromatic amines is 1. The second kappa shape index (κ2) is 8.45. The fourth-order valence-electron chi connectivity index (χ4n) is 4.10. The number of aromatic nitrogens is 4. The van der Waals surface area contributed by atoms with Crippen molar-refractivity contribution in [1.29, 1.82) is 0 Å². The van der Waals surface area contributed by atoms with E-state index in [1.165, 1.54) is 18.5 Å². The molecule has 3 heterocycles. The van der Waals surface area contributed by atoms with Crippen molar-refractivity contribution in [3.8, 4) is 11.4 Å². The van der Waals surface area contributed by atoms with Crippen LogP contribution in [0, 0.1) is 0 Å². The number of fused-ring (bicyclic) bond motifs is 1. The Labute approximate surface area is 166 Å². The quantitative estimate of drug-likeness (QED) is 0.623. The lowest BCUT2D eigenvalue weighted by atomic mass is 9.94. The maximum Gasteiger partial charge on any atom is 0.139 e. The molecule has 0 amide bonds. The summed E-state index contributed by atoms with van der Waals surface area (Å²) in [5.74, 6) is 1.49. The Morgan fingerprint density at radius 1 is 1.25 bits per heavy atom. The molecule has 1 aliphatic rings. The Morgan fingerprint density at radius 2 is 2.07 bits per heavy atom. The highest BCUT2D eigenvalue weighted by atomic mass is 16.5. The van der Waals surface area contributed by atoms with E-state index in [2.05, 4.69) is 48.1 Å². The molecule has 0 atom stereocenters. The molecule has 0 spiro atoms. The van der Waals surface area contributed by atoms with Crippen molar-refractivity contribution < 1.29 is 4.74 Å². The summed E-state index contributed by atoms with van der Waals surface area (Å²) in [5, 5.41) is 5.96. The van der Waals surface area contributed by atoms with Crippen LogP contribution in [0.15, 0.2) is 30.6 Å². The van der Waals surface area contributed by atoms with Gasteiger partial charge >= 0.3 is 0 Å². The molecule has 0 radical (unpaired) electrons. The first kappa shape index (κ1) is 19.2. The van der Waals surface area contributed by atoms with E-state index in [1.807, 2.05) is 10.9 Å². The lowest BCUT2D eigenvalue weighted by Gasteiger charge is -2.31. The molecule has 4 rings (SSSR count). The Morgan fingerprint density at radius 3 is 2.82 bits per heavy atom. The number of hydrogen-bond acceptors (Lipinski definition) is 4. The van der Waals surface area contributed by atoms with Crippen LogP contribution in [0.3, 0.4) is 0 Å². The standard InChI is InChI=1S/C22H31N5O/c1-16(2)27-15-18-6-4-7-19(21(18)25-27)22-23-14-20(24-22)17-8-11-26(12-9-17)10-5-13-28-3/h4,6-7,14-17H,5,8-13H2,1-3H3,(H,23,24). The molecule has 3 aromatic rings. The number of methoxy groups -OCH3 is 1. The van der Waals surface area contributed by atoms with Gasteiger partial charge in [-0.25, -0.2) is 4.98 Å². The predicted octanol–water partition coefficient (Wildman–Crippen LogP) is 4.22. The molecule has 6 heteroatoms. The number of H-pyrrole nitrogens is 1. The van der Waals surface area contributed by atoms with Gasteiger partial charge < -0.3 is 14.6 Å². The first-order valence-corrected chi connectivity index (χ1v) is 10.4. The highest BCUT2D eigenvalue weighted by molar-refractivity contribution is 5.91. The predicted molar refractivity (Wildman–Crippen MR) is 113 cm³/mol. The van der Waals surface area contributed by atoms with Crippen LogP contribution in [0.4, 0.5) is 0 Å². The highest BCUT2D eigenvalue weighted by Gasteiger charge is 2.22. The van der Waals surface area contributed by atoms with Gasteiger partial charge in [-0.3, -0.25) is 4.68 Å². The number of benzene rings is 1. The molecule has 150 valence electrons. The van der Waals surface area contributed by atoms with Gasteiger partial charge in [-0.1, -0.05) is 12.1 Å².